The van der Waals surface area contributed by atoms with Gasteiger partial charge >= 0.3 is 0 Å². The fraction of sp³-hybridized carbons (Fsp3) is 0.389. The first-order valence-corrected chi connectivity index (χ1v) is 8.61. The molecule has 2 aromatic rings. The van der Waals surface area contributed by atoms with Crippen LogP contribution in [0.15, 0.2) is 41.8 Å². The van der Waals surface area contributed by atoms with Gasteiger partial charge in [0.25, 0.3) is 5.91 Å². The molecule has 0 aliphatic carbocycles. The molecule has 3 nitrogen and oxygen atoms in total. The van der Waals surface area contributed by atoms with Crippen LogP contribution in [0.1, 0.15) is 29.2 Å². The van der Waals surface area contributed by atoms with Crippen LogP contribution in [0.25, 0.3) is 0 Å². The third-order valence-electron chi connectivity index (χ3n) is 4.15. The standard InChI is InChI=1S/C18H21NO2S/c1-14-4-2-5-16(12-14)21-13-18(20)19-9-7-15(8-10-19)17-6-3-11-22-17/h2-6,11-12,15H,7-10,13H2,1H3. The van der Waals surface area contributed by atoms with E-state index in [4.69, 9.17) is 4.74 Å². The summed E-state index contributed by atoms with van der Waals surface area (Å²) >= 11 is 1.82. The number of benzene rings is 1. The number of carbonyl (C=O) groups is 1. The molecule has 22 heavy (non-hydrogen) atoms. The average molecular weight is 315 g/mol. The summed E-state index contributed by atoms with van der Waals surface area (Å²) in [4.78, 5) is 15.6. The lowest BCUT2D eigenvalue weighted by Crippen LogP contribution is -2.40. The maximum Gasteiger partial charge on any atom is 0.260 e. The first kappa shape index (κ1) is 15.1. The van der Waals surface area contributed by atoms with Crippen molar-refractivity contribution in [2.75, 3.05) is 19.7 Å². The van der Waals surface area contributed by atoms with Gasteiger partial charge in [0, 0.05) is 18.0 Å². The van der Waals surface area contributed by atoms with Gasteiger partial charge in [-0.05, 0) is 54.8 Å². The van der Waals surface area contributed by atoms with Crippen molar-refractivity contribution in [3.63, 3.8) is 0 Å². The fourth-order valence-corrected chi connectivity index (χ4v) is 3.78. The van der Waals surface area contributed by atoms with Gasteiger partial charge in [-0.25, -0.2) is 0 Å². The Morgan fingerprint density at radius 2 is 2.09 bits per heavy atom. The number of piperidine rings is 1. The molecule has 0 radical (unpaired) electrons. The minimum atomic E-state index is 0.0890. The van der Waals surface area contributed by atoms with E-state index in [-0.39, 0.29) is 12.5 Å². The van der Waals surface area contributed by atoms with Crippen LogP contribution >= 0.6 is 11.3 Å². The number of hydrogen-bond acceptors (Lipinski definition) is 3. The Morgan fingerprint density at radius 1 is 1.27 bits per heavy atom. The molecule has 0 bridgehead atoms. The molecule has 0 saturated carbocycles. The highest BCUT2D eigenvalue weighted by atomic mass is 32.1. The van der Waals surface area contributed by atoms with E-state index in [1.165, 1.54) is 4.88 Å². The van der Waals surface area contributed by atoms with Crippen molar-refractivity contribution in [1.29, 1.82) is 0 Å². The van der Waals surface area contributed by atoms with Gasteiger partial charge in [0.05, 0.1) is 0 Å². The Labute approximate surface area is 135 Å². The SMILES string of the molecule is Cc1cccc(OCC(=O)N2CCC(c3cccs3)CC2)c1. The summed E-state index contributed by atoms with van der Waals surface area (Å²) in [5.74, 6) is 1.47. The van der Waals surface area contributed by atoms with Crippen molar-refractivity contribution in [2.45, 2.75) is 25.7 Å². The average Bonchev–Trinajstić information content (AvgIpc) is 3.07. The number of hydrogen-bond donors (Lipinski definition) is 0. The van der Waals surface area contributed by atoms with Crippen molar-refractivity contribution in [3.8, 4) is 5.75 Å². The number of carbonyl (C=O) groups excluding carboxylic acids is 1. The molecular weight excluding hydrogens is 294 g/mol. The van der Waals surface area contributed by atoms with Crippen LogP contribution in [0.2, 0.25) is 0 Å². The number of ether oxygens (including phenoxy) is 1. The molecule has 1 amide bonds. The van der Waals surface area contributed by atoms with E-state index in [0.29, 0.717) is 5.92 Å². The fourth-order valence-electron chi connectivity index (χ4n) is 2.88. The minimum Gasteiger partial charge on any atom is -0.484 e. The first-order chi connectivity index (χ1) is 10.7. The smallest absolute Gasteiger partial charge is 0.260 e. The molecule has 0 unspecified atom stereocenters. The second kappa shape index (κ2) is 6.97. The van der Waals surface area contributed by atoms with Gasteiger partial charge in [0.1, 0.15) is 5.75 Å². The highest BCUT2D eigenvalue weighted by molar-refractivity contribution is 7.10. The minimum absolute atomic E-state index is 0.0890. The van der Waals surface area contributed by atoms with Crippen molar-refractivity contribution in [2.24, 2.45) is 0 Å². The second-order valence-electron chi connectivity index (χ2n) is 5.78. The van der Waals surface area contributed by atoms with Crippen LogP contribution in [0.5, 0.6) is 5.75 Å². The Bertz CT molecular complexity index is 616. The zero-order valence-corrected chi connectivity index (χ0v) is 13.6. The molecule has 1 saturated heterocycles. The van der Waals surface area contributed by atoms with E-state index in [1.54, 1.807) is 0 Å². The highest BCUT2D eigenvalue weighted by Gasteiger charge is 2.24. The van der Waals surface area contributed by atoms with Crippen LogP contribution in [0.4, 0.5) is 0 Å². The molecule has 1 aliphatic heterocycles. The first-order valence-electron chi connectivity index (χ1n) is 7.73. The Balaban J connectivity index is 1.48. The monoisotopic (exact) mass is 315 g/mol. The van der Waals surface area contributed by atoms with Gasteiger partial charge in [0.2, 0.25) is 0 Å². The number of amides is 1. The molecule has 1 fully saturated rings. The number of thiophene rings is 1. The summed E-state index contributed by atoms with van der Waals surface area (Å²) in [6.45, 7) is 3.81. The van der Waals surface area contributed by atoms with Crippen molar-refractivity contribution >= 4 is 17.2 Å². The van der Waals surface area contributed by atoms with Gasteiger partial charge in [-0.1, -0.05) is 18.2 Å². The molecule has 0 spiro atoms. The van der Waals surface area contributed by atoms with E-state index in [1.807, 2.05) is 47.4 Å². The van der Waals surface area contributed by atoms with Crippen LogP contribution < -0.4 is 4.74 Å². The molecule has 1 aromatic carbocycles. The van der Waals surface area contributed by atoms with Crippen LogP contribution in [0, 0.1) is 6.92 Å². The van der Waals surface area contributed by atoms with Crippen molar-refractivity contribution in [1.82, 2.24) is 4.90 Å². The highest BCUT2D eigenvalue weighted by Crippen LogP contribution is 2.30. The van der Waals surface area contributed by atoms with Gasteiger partial charge in [-0.15, -0.1) is 11.3 Å². The molecule has 4 heteroatoms. The number of rotatable bonds is 4. The molecule has 1 aromatic heterocycles. The predicted molar refractivity (Wildman–Crippen MR) is 89.5 cm³/mol. The Kier molecular flexibility index (Phi) is 4.78. The molecular formula is C18H21NO2S. The molecule has 116 valence electrons. The van der Waals surface area contributed by atoms with E-state index in [9.17, 15) is 4.79 Å². The molecule has 3 rings (SSSR count). The summed E-state index contributed by atoms with van der Waals surface area (Å²) in [5, 5.41) is 2.13. The summed E-state index contributed by atoms with van der Waals surface area (Å²) in [6.07, 6.45) is 2.10. The lowest BCUT2D eigenvalue weighted by molar-refractivity contribution is -0.134. The number of aryl methyl sites for hydroxylation is 1. The largest absolute Gasteiger partial charge is 0.484 e. The normalized spacial score (nSPS) is 15.8. The van der Waals surface area contributed by atoms with Gasteiger partial charge in [-0.2, -0.15) is 0 Å². The number of likely N-dealkylation sites (tertiary alicyclic amines) is 1. The molecule has 0 N–H and O–H groups in total. The van der Waals surface area contributed by atoms with E-state index in [2.05, 4.69) is 17.5 Å². The topological polar surface area (TPSA) is 29.5 Å². The van der Waals surface area contributed by atoms with E-state index < -0.39 is 0 Å². The number of nitrogens with zero attached hydrogens (tertiary/aromatic N) is 1. The lowest BCUT2D eigenvalue weighted by atomic mass is 9.95. The van der Waals surface area contributed by atoms with Gasteiger partial charge in [0.15, 0.2) is 6.61 Å². The Morgan fingerprint density at radius 3 is 2.77 bits per heavy atom. The quantitative estimate of drug-likeness (QED) is 0.858. The van der Waals surface area contributed by atoms with Crippen LogP contribution in [-0.4, -0.2) is 30.5 Å². The summed E-state index contributed by atoms with van der Waals surface area (Å²) in [6, 6.07) is 12.1. The lowest BCUT2D eigenvalue weighted by Gasteiger charge is -2.31. The van der Waals surface area contributed by atoms with E-state index >= 15 is 0 Å². The van der Waals surface area contributed by atoms with Gasteiger partial charge in [-0.3, -0.25) is 4.79 Å². The summed E-state index contributed by atoms with van der Waals surface area (Å²) in [7, 11) is 0. The summed E-state index contributed by atoms with van der Waals surface area (Å²) < 4.78 is 5.61. The zero-order chi connectivity index (χ0) is 15.4. The van der Waals surface area contributed by atoms with Crippen molar-refractivity contribution < 1.29 is 9.53 Å². The Hall–Kier alpha value is -1.81. The third kappa shape index (κ3) is 3.69. The van der Waals surface area contributed by atoms with E-state index in [0.717, 1.165) is 37.2 Å². The van der Waals surface area contributed by atoms with Crippen molar-refractivity contribution in [3.05, 3.63) is 52.2 Å². The van der Waals surface area contributed by atoms with Crippen LogP contribution in [-0.2, 0) is 4.79 Å². The maximum absolute atomic E-state index is 12.3. The third-order valence-corrected chi connectivity index (χ3v) is 5.18. The zero-order valence-electron chi connectivity index (χ0n) is 12.8. The van der Waals surface area contributed by atoms with Gasteiger partial charge < -0.3 is 9.64 Å². The summed E-state index contributed by atoms with van der Waals surface area (Å²) in [5.41, 5.74) is 1.14. The predicted octanol–water partition coefficient (Wildman–Crippen LogP) is 3.84. The second-order valence-corrected chi connectivity index (χ2v) is 6.75. The molecule has 0 atom stereocenters. The maximum atomic E-state index is 12.3. The molecule has 1 aliphatic rings. The molecule has 2 heterocycles. The van der Waals surface area contributed by atoms with Crippen LogP contribution in [0.3, 0.4) is 0 Å².